The van der Waals surface area contributed by atoms with Gasteiger partial charge in [-0.05, 0) is 65.2 Å². The van der Waals surface area contributed by atoms with E-state index in [4.69, 9.17) is 9.47 Å². The molecule has 51 heavy (non-hydrogen) atoms. The third-order valence-electron chi connectivity index (χ3n) is 9.89. The predicted molar refractivity (Wildman–Crippen MR) is 209 cm³/mol. The maximum absolute atomic E-state index is 7.11. The van der Waals surface area contributed by atoms with Crippen molar-refractivity contribution in [2.24, 2.45) is 0 Å². The first-order valence-electron chi connectivity index (χ1n) is 17.3. The van der Waals surface area contributed by atoms with Gasteiger partial charge in [0.15, 0.2) is 0 Å². The van der Waals surface area contributed by atoms with Crippen LogP contribution in [0.15, 0.2) is 188 Å². The third-order valence-corrected chi connectivity index (χ3v) is 9.89. The van der Waals surface area contributed by atoms with Gasteiger partial charge in [-0.3, -0.25) is 0 Å². The minimum absolute atomic E-state index is 0.760. The Hall–Kier alpha value is -6.84. The molecular formula is C48H31NO2. The molecule has 0 bridgehead atoms. The molecule has 3 nitrogen and oxygen atoms in total. The van der Waals surface area contributed by atoms with Gasteiger partial charge in [-0.15, -0.1) is 0 Å². The van der Waals surface area contributed by atoms with Gasteiger partial charge in [0.25, 0.3) is 0 Å². The van der Waals surface area contributed by atoms with E-state index in [0.717, 1.165) is 84.2 Å². The van der Waals surface area contributed by atoms with Crippen molar-refractivity contribution in [3.8, 4) is 73.2 Å². The molecule has 0 fully saturated rings. The largest absolute Gasteiger partial charge is 0.456 e. The SMILES string of the molecule is c1ccc(-c2ccc3c(c2)-c2ccccc2Oc2ccccc2-c2c(cccc2-c2cccc4c5ccccc5n(-c5ccccc5)c24)O3)cc1. The average molecular weight is 654 g/mol. The van der Waals surface area contributed by atoms with Gasteiger partial charge in [0, 0.05) is 44.3 Å². The zero-order valence-electron chi connectivity index (χ0n) is 27.7. The molecule has 1 aliphatic rings. The number of rotatable bonds is 3. The fraction of sp³-hybridized carbons (Fsp3) is 0. The summed E-state index contributed by atoms with van der Waals surface area (Å²) in [4.78, 5) is 0. The van der Waals surface area contributed by atoms with Crippen molar-refractivity contribution in [2.45, 2.75) is 0 Å². The lowest BCUT2D eigenvalue weighted by atomic mass is 9.91. The van der Waals surface area contributed by atoms with Crippen LogP contribution in [0.25, 0.3) is 72.0 Å². The highest BCUT2D eigenvalue weighted by Gasteiger charge is 2.25. The molecule has 240 valence electrons. The first kappa shape index (κ1) is 29.1. The Morgan fingerprint density at radius 2 is 0.902 bits per heavy atom. The second-order valence-electron chi connectivity index (χ2n) is 12.8. The second-order valence-corrected chi connectivity index (χ2v) is 12.8. The number of nitrogens with zero attached hydrogens (tertiary/aromatic N) is 1. The van der Waals surface area contributed by atoms with Crippen LogP contribution in [0, 0.1) is 0 Å². The summed E-state index contributed by atoms with van der Waals surface area (Å²) in [6.07, 6.45) is 0. The Labute approximate surface area is 296 Å². The summed E-state index contributed by atoms with van der Waals surface area (Å²) in [6.45, 7) is 0. The van der Waals surface area contributed by atoms with Crippen molar-refractivity contribution >= 4 is 21.8 Å². The van der Waals surface area contributed by atoms with E-state index in [2.05, 4.69) is 168 Å². The molecule has 9 aromatic rings. The molecule has 0 saturated carbocycles. The molecule has 0 unspecified atom stereocenters. The molecule has 3 heteroatoms. The van der Waals surface area contributed by atoms with Crippen molar-refractivity contribution in [3.05, 3.63) is 188 Å². The zero-order valence-corrected chi connectivity index (χ0v) is 27.7. The lowest BCUT2D eigenvalue weighted by Crippen LogP contribution is -2.00. The van der Waals surface area contributed by atoms with E-state index in [-0.39, 0.29) is 0 Å². The van der Waals surface area contributed by atoms with Crippen molar-refractivity contribution in [2.75, 3.05) is 0 Å². The molecule has 0 spiro atoms. The third kappa shape index (κ3) is 4.82. The Morgan fingerprint density at radius 1 is 0.333 bits per heavy atom. The molecule has 8 aromatic carbocycles. The number of para-hydroxylation sites is 5. The first-order chi connectivity index (χ1) is 25.3. The molecule has 0 amide bonds. The fourth-order valence-corrected chi connectivity index (χ4v) is 7.62. The van der Waals surface area contributed by atoms with Crippen molar-refractivity contribution in [1.29, 1.82) is 0 Å². The quantitative estimate of drug-likeness (QED) is 0.189. The van der Waals surface area contributed by atoms with Gasteiger partial charge in [-0.1, -0.05) is 140 Å². The van der Waals surface area contributed by atoms with Gasteiger partial charge >= 0.3 is 0 Å². The van der Waals surface area contributed by atoms with Crippen LogP contribution < -0.4 is 9.47 Å². The Morgan fingerprint density at radius 3 is 1.75 bits per heavy atom. The molecule has 0 radical (unpaired) electrons. The summed E-state index contributed by atoms with van der Waals surface area (Å²) in [5.41, 5.74) is 11.7. The lowest BCUT2D eigenvalue weighted by Gasteiger charge is -2.24. The Balaban J connectivity index is 1.27. The first-order valence-corrected chi connectivity index (χ1v) is 17.3. The van der Waals surface area contributed by atoms with E-state index in [9.17, 15) is 0 Å². The maximum atomic E-state index is 7.11. The summed E-state index contributed by atoms with van der Waals surface area (Å²) in [6, 6.07) is 65.7. The van der Waals surface area contributed by atoms with Crippen molar-refractivity contribution < 1.29 is 9.47 Å². The monoisotopic (exact) mass is 653 g/mol. The molecule has 0 N–H and O–H groups in total. The number of ether oxygens (including phenoxy) is 2. The van der Waals surface area contributed by atoms with Crippen LogP contribution in [0.5, 0.6) is 23.0 Å². The standard InChI is InChI=1S/C48H31NO2/c1-3-15-32(16-4-1)33-29-30-45-41(31-33)36-20-8-11-26-43(36)50-44-27-12-9-21-40(44)47-37(22-14-28-46(47)51-45)39-24-13-23-38-35-19-7-10-25-42(35)49(48(38)39)34-17-5-2-6-18-34/h1-31H. The van der Waals surface area contributed by atoms with Crippen LogP contribution in [0.3, 0.4) is 0 Å². The van der Waals surface area contributed by atoms with Crippen LogP contribution >= 0.6 is 0 Å². The van der Waals surface area contributed by atoms with E-state index >= 15 is 0 Å². The van der Waals surface area contributed by atoms with Gasteiger partial charge in [-0.25, -0.2) is 0 Å². The molecule has 0 aliphatic carbocycles. The van der Waals surface area contributed by atoms with Crippen molar-refractivity contribution in [3.63, 3.8) is 0 Å². The summed E-state index contributed by atoms with van der Waals surface area (Å²) >= 11 is 0. The number of hydrogen-bond acceptors (Lipinski definition) is 2. The predicted octanol–water partition coefficient (Wildman–Crippen LogP) is 13.3. The van der Waals surface area contributed by atoms with E-state index in [0.29, 0.717) is 0 Å². The number of hydrogen-bond donors (Lipinski definition) is 0. The van der Waals surface area contributed by atoms with Crippen molar-refractivity contribution in [1.82, 2.24) is 4.57 Å². The fourth-order valence-electron chi connectivity index (χ4n) is 7.62. The molecule has 10 rings (SSSR count). The van der Waals surface area contributed by atoms with Crippen LogP contribution in [-0.2, 0) is 0 Å². The summed E-state index contributed by atoms with van der Waals surface area (Å²) in [7, 11) is 0. The molecule has 1 aliphatic heterocycles. The number of fused-ring (bicyclic) bond motifs is 9. The van der Waals surface area contributed by atoms with Crippen LogP contribution in [0.4, 0.5) is 0 Å². The van der Waals surface area contributed by atoms with Gasteiger partial charge < -0.3 is 14.0 Å². The molecule has 1 aromatic heterocycles. The Kier molecular flexibility index (Phi) is 6.81. The van der Waals surface area contributed by atoms with E-state index in [1.807, 2.05) is 24.3 Å². The summed E-state index contributed by atoms with van der Waals surface area (Å²) < 4.78 is 16.4. The van der Waals surface area contributed by atoms with Crippen LogP contribution in [-0.4, -0.2) is 4.57 Å². The van der Waals surface area contributed by atoms with Crippen LogP contribution in [0.2, 0.25) is 0 Å². The average Bonchev–Trinajstić information content (AvgIpc) is 3.54. The van der Waals surface area contributed by atoms with E-state index in [1.165, 1.54) is 10.8 Å². The normalized spacial score (nSPS) is 11.8. The number of aromatic nitrogens is 1. The molecular weight excluding hydrogens is 623 g/mol. The topological polar surface area (TPSA) is 23.4 Å². The van der Waals surface area contributed by atoms with Gasteiger partial charge in [0.2, 0.25) is 0 Å². The smallest absolute Gasteiger partial charge is 0.136 e. The van der Waals surface area contributed by atoms with E-state index in [1.54, 1.807) is 0 Å². The maximum Gasteiger partial charge on any atom is 0.136 e. The summed E-state index contributed by atoms with van der Waals surface area (Å²) in [5.74, 6) is 3.06. The van der Waals surface area contributed by atoms with Crippen LogP contribution in [0.1, 0.15) is 0 Å². The minimum Gasteiger partial charge on any atom is -0.456 e. The van der Waals surface area contributed by atoms with Gasteiger partial charge in [0.1, 0.15) is 23.0 Å². The Bertz CT molecular complexity index is 2740. The zero-order chi connectivity index (χ0) is 33.7. The van der Waals surface area contributed by atoms with E-state index < -0.39 is 0 Å². The molecule has 2 heterocycles. The highest BCUT2D eigenvalue weighted by molar-refractivity contribution is 6.15. The highest BCUT2D eigenvalue weighted by atomic mass is 16.5. The molecule has 0 saturated heterocycles. The minimum atomic E-state index is 0.760. The highest BCUT2D eigenvalue weighted by Crippen LogP contribution is 2.51. The number of benzene rings is 8. The lowest BCUT2D eigenvalue weighted by molar-refractivity contribution is 0.472. The summed E-state index contributed by atoms with van der Waals surface area (Å²) in [5, 5.41) is 2.41. The molecule has 0 atom stereocenters. The van der Waals surface area contributed by atoms with Gasteiger partial charge in [0.05, 0.1) is 11.0 Å². The second kappa shape index (κ2) is 11.9. The van der Waals surface area contributed by atoms with Gasteiger partial charge in [-0.2, -0.15) is 0 Å².